The summed E-state index contributed by atoms with van der Waals surface area (Å²) in [6, 6.07) is 11.6. The Bertz CT molecular complexity index is 1020. The molecule has 0 aliphatic heterocycles. The van der Waals surface area contributed by atoms with E-state index in [0.717, 1.165) is 5.56 Å². The summed E-state index contributed by atoms with van der Waals surface area (Å²) in [5.74, 6) is 0.0947. The van der Waals surface area contributed by atoms with Crippen molar-refractivity contribution in [2.75, 3.05) is 14.2 Å². The van der Waals surface area contributed by atoms with Crippen LogP contribution in [0.15, 0.2) is 51.7 Å². The van der Waals surface area contributed by atoms with E-state index in [1.54, 1.807) is 30.3 Å². The van der Waals surface area contributed by atoms with Gasteiger partial charge in [-0.05, 0) is 36.2 Å². The highest BCUT2D eigenvalue weighted by molar-refractivity contribution is 5.89. The normalized spacial score (nSPS) is 10.7. The third-order valence-corrected chi connectivity index (χ3v) is 4.11. The summed E-state index contributed by atoms with van der Waals surface area (Å²) in [4.78, 5) is 23.9. The molecule has 6 heteroatoms. The molecule has 0 saturated carbocycles. The number of benzene rings is 2. The van der Waals surface area contributed by atoms with Crippen LogP contribution in [-0.2, 0) is 17.6 Å². The largest absolute Gasteiger partial charge is 0.504 e. The number of phenols is 1. The van der Waals surface area contributed by atoms with Crippen LogP contribution in [0, 0.1) is 0 Å². The zero-order valence-corrected chi connectivity index (χ0v) is 14.4. The van der Waals surface area contributed by atoms with Crippen molar-refractivity contribution in [3.05, 3.63) is 69.6 Å². The molecular weight excluding hydrogens is 336 g/mol. The van der Waals surface area contributed by atoms with Crippen LogP contribution in [0.1, 0.15) is 21.7 Å². The molecule has 1 aromatic heterocycles. The predicted octanol–water partition coefficient (Wildman–Crippen LogP) is 3.08. The standard InChI is InChI=1S/C20H18O6/c1-24-17-9-8-16-18(19(17)22)15(21)11-14(26-16)7-6-12-4-3-5-13(10-12)20(23)25-2/h3-5,8-11,22H,6-7H2,1-2H3. The van der Waals surface area contributed by atoms with Gasteiger partial charge in [0.1, 0.15) is 16.7 Å². The highest BCUT2D eigenvalue weighted by atomic mass is 16.5. The van der Waals surface area contributed by atoms with Gasteiger partial charge in [-0.1, -0.05) is 12.1 Å². The molecule has 0 bridgehead atoms. The number of aromatic hydroxyl groups is 1. The first-order valence-corrected chi connectivity index (χ1v) is 8.03. The van der Waals surface area contributed by atoms with Gasteiger partial charge in [-0.15, -0.1) is 0 Å². The fourth-order valence-electron chi connectivity index (χ4n) is 2.79. The van der Waals surface area contributed by atoms with Crippen molar-refractivity contribution in [2.24, 2.45) is 0 Å². The van der Waals surface area contributed by atoms with Crippen molar-refractivity contribution >= 4 is 16.9 Å². The molecule has 0 aliphatic carbocycles. The SMILES string of the molecule is COC(=O)c1cccc(CCc2cc(=O)c3c(O)c(OC)ccc3o2)c1. The Labute approximate surface area is 149 Å². The number of methoxy groups -OCH3 is 2. The van der Waals surface area contributed by atoms with Crippen LogP contribution in [0.2, 0.25) is 0 Å². The lowest BCUT2D eigenvalue weighted by Gasteiger charge is -2.08. The van der Waals surface area contributed by atoms with E-state index in [1.807, 2.05) is 6.07 Å². The van der Waals surface area contributed by atoms with E-state index >= 15 is 0 Å². The number of carbonyl (C=O) groups is 1. The number of hydrogen-bond acceptors (Lipinski definition) is 6. The minimum absolute atomic E-state index is 0.0980. The second-order valence-corrected chi connectivity index (χ2v) is 5.76. The van der Waals surface area contributed by atoms with Gasteiger partial charge in [-0.2, -0.15) is 0 Å². The lowest BCUT2D eigenvalue weighted by molar-refractivity contribution is 0.0600. The Balaban J connectivity index is 1.86. The van der Waals surface area contributed by atoms with Gasteiger partial charge in [0.25, 0.3) is 0 Å². The monoisotopic (exact) mass is 354 g/mol. The first-order chi connectivity index (χ1) is 12.5. The third-order valence-electron chi connectivity index (χ3n) is 4.11. The average Bonchev–Trinajstić information content (AvgIpc) is 2.66. The summed E-state index contributed by atoms with van der Waals surface area (Å²) in [7, 11) is 2.75. The quantitative estimate of drug-likeness (QED) is 0.709. The Hall–Kier alpha value is -3.28. The van der Waals surface area contributed by atoms with Crippen LogP contribution < -0.4 is 10.2 Å². The Kier molecular flexibility index (Phi) is 4.93. The van der Waals surface area contributed by atoms with E-state index in [9.17, 15) is 14.7 Å². The van der Waals surface area contributed by atoms with E-state index in [4.69, 9.17) is 13.9 Å². The molecule has 0 unspecified atom stereocenters. The maximum Gasteiger partial charge on any atom is 0.337 e. The average molecular weight is 354 g/mol. The second-order valence-electron chi connectivity index (χ2n) is 5.76. The summed E-state index contributed by atoms with van der Waals surface area (Å²) >= 11 is 0. The second kappa shape index (κ2) is 7.31. The van der Waals surface area contributed by atoms with E-state index in [1.165, 1.54) is 20.3 Å². The molecule has 0 amide bonds. The van der Waals surface area contributed by atoms with Crippen molar-refractivity contribution in [3.63, 3.8) is 0 Å². The van der Waals surface area contributed by atoms with Gasteiger partial charge >= 0.3 is 5.97 Å². The molecule has 2 aromatic carbocycles. The minimum Gasteiger partial charge on any atom is -0.504 e. The molecule has 0 atom stereocenters. The number of rotatable bonds is 5. The molecule has 26 heavy (non-hydrogen) atoms. The van der Waals surface area contributed by atoms with Gasteiger partial charge in [0.15, 0.2) is 16.9 Å². The fourth-order valence-corrected chi connectivity index (χ4v) is 2.79. The molecule has 0 spiro atoms. The van der Waals surface area contributed by atoms with Crippen LogP contribution in [0.25, 0.3) is 11.0 Å². The highest BCUT2D eigenvalue weighted by Gasteiger charge is 2.13. The van der Waals surface area contributed by atoms with E-state index in [2.05, 4.69) is 0 Å². The summed E-state index contributed by atoms with van der Waals surface area (Å²) in [5.41, 5.74) is 1.37. The lowest BCUT2D eigenvalue weighted by atomic mass is 10.0. The van der Waals surface area contributed by atoms with Crippen LogP contribution in [0.5, 0.6) is 11.5 Å². The number of hydrogen-bond donors (Lipinski definition) is 1. The van der Waals surface area contributed by atoms with Crippen molar-refractivity contribution in [2.45, 2.75) is 12.8 Å². The highest BCUT2D eigenvalue weighted by Crippen LogP contribution is 2.32. The Morgan fingerprint density at radius 2 is 1.92 bits per heavy atom. The van der Waals surface area contributed by atoms with Gasteiger partial charge in [-0.25, -0.2) is 4.79 Å². The smallest absolute Gasteiger partial charge is 0.337 e. The Morgan fingerprint density at radius 1 is 1.12 bits per heavy atom. The maximum absolute atomic E-state index is 12.3. The van der Waals surface area contributed by atoms with Crippen molar-refractivity contribution in [1.29, 1.82) is 0 Å². The molecule has 0 saturated heterocycles. The number of aryl methyl sites for hydroxylation is 2. The molecular formula is C20H18O6. The maximum atomic E-state index is 12.3. The number of phenolic OH excluding ortho intramolecular Hbond substituents is 1. The van der Waals surface area contributed by atoms with Crippen molar-refractivity contribution in [3.8, 4) is 11.5 Å². The van der Waals surface area contributed by atoms with Gasteiger partial charge in [0, 0.05) is 12.5 Å². The van der Waals surface area contributed by atoms with E-state index < -0.39 is 5.97 Å². The van der Waals surface area contributed by atoms with E-state index in [-0.39, 0.29) is 22.3 Å². The first-order valence-electron chi connectivity index (χ1n) is 8.03. The molecule has 3 rings (SSSR count). The van der Waals surface area contributed by atoms with Gasteiger partial charge in [0.2, 0.25) is 0 Å². The van der Waals surface area contributed by atoms with Crippen LogP contribution in [0.3, 0.4) is 0 Å². The predicted molar refractivity (Wildman–Crippen MR) is 95.9 cm³/mol. The third kappa shape index (κ3) is 3.39. The number of ether oxygens (including phenoxy) is 2. The van der Waals surface area contributed by atoms with E-state index in [0.29, 0.717) is 29.7 Å². The molecule has 0 radical (unpaired) electrons. The summed E-state index contributed by atoms with van der Waals surface area (Å²) < 4.78 is 15.5. The zero-order valence-electron chi connectivity index (χ0n) is 14.4. The lowest BCUT2D eigenvalue weighted by Crippen LogP contribution is -2.05. The topological polar surface area (TPSA) is 86.0 Å². The van der Waals surface area contributed by atoms with Gasteiger partial charge in [0.05, 0.1) is 19.8 Å². The van der Waals surface area contributed by atoms with Crippen molar-refractivity contribution in [1.82, 2.24) is 0 Å². The van der Waals surface area contributed by atoms with Crippen LogP contribution >= 0.6 is 0 Å². The molecule has 0 fully saturated rings. The molecule has 6 nitrogen and oxygen atoms in total. The summed E-state index contributed by atoms with van der Waals surface area (Å²) in [6.45, 7) is 0. The number of carbonyl (C=O) groups excluding carboxylic acids is 1. The van der Waals surface area contributed by atoms with Crippen LogP contribution in [-0.4, -0.2) is 25.3 Å². The van der Waals surface area contributed by atoms with Crippen LogP contribution in [0.4, 0.5) is 0 Å². The molecule has 3 aromatic rings. The van der Waals surface area contributed by atoms with Crippen molar-refractivity contribution < 1.29 is 23.8 Å². The zero-order chi connectivity index (χ0) is 18.7. The molecule has 134 valence electrons. The fraction of sp³-hybridized carbons (Fsp3) is 0.200. The molecule has 1 heterocycles. The first kappa shape index (κ1) is 17.5. The number of fused-ring (bicyclic) bond motifs is 1. The number of esters is 1. The summed E-state index contributed by atoms with van der Waals surface area (Å²) in [5, 5.41) is 10.2. The Morgan fingerprint density at radius 3 is 2.65 bits per heavy atom. The minimum atomic E-state index is -0.395. The van der Waals surface area contributed by atoms with Gasteiger partial charge < -0.3 is 19.0 Å². The molecule has 1 N–H and O–H groups in total. The summed E-state index contributed by atoms with van der Waals surface area (Å²) in [6.07, 6.45) is 1.06. The molecule has 0 aliphatic rings. The van der Waals surface area contributed by atoms with Gasteiger partial charge in [-0.3, -0.25) is 4.79 Å².